The van der Waals surface area contributed by atoms with Gasteiger partial charge in [-0.3, -0.25) is 4.90 Å². The summed E-state index contributed by atoms with van der Waals surface area (Å²) in [7, 11) is 0. The molecule has 2 fully saturated rings. The Kier molecular flexibility index (Phi) is 4.87. The van der Waals surface area contributed by atoms with Gasteiger partial charge >= 0.3 is 0 Å². The Morgan fingerprint density at radius 3 is 2.38 bits per heavy atom. The van der Waals surface area contributed by atoms with E-state index in [0.29, 0.717) is 0 Å². The first-order valence-corrected chi connectivity index (χ1v) is 8.98. The highest BCUT2D eigenvalue weighted by atomic mass is 79.9. The molecule has 1 saturated carbocycles. The average molecular weight is 352 g/mol. The van der Waals surface area contributed by atoms with Gasteiger partial charge in [0.05, 0.1) is 0 Å². The zero-order chi connectivity index (χ0) is 14.8. The van der Waals surface area contributed by atoms with Crippen LogP contribution in [0.4, 0.5) is 5.69 Å². The van der Waals surface area contributed by atoms with E-state index < -0.39 is 0 Å². The number of piperazine rings is 1. The Hall–Kier alpha value is -0.580. The van der Waals surface area contributed by atoms with Gasteiger partial charge in [-0.15, -0.1) is 0 Å². The highest BCUT2D eigenvalue weighted by molar-refractivity contribution is 9.10. The van der Waals surface area contributed by atoms with Crippen molar-refractivity contribution in [2.24, 2.45) is 5.73 Å². The number of rotatable bonds is 3. The fraction of sp³-hybridized carbons (Fsp3) is 0.647. The van der Waals surface area contributed by atoms with Crippen LogP contribution in [-0.2, 0) is 0 Å². The zero-order valence-electron chi connectivity index (χ0n) is 12.9. The lowest BCUT2D eigenvalue weighted by atomic mass is 10.1. The molecule has 1 aromatic rings. The summed E-state index contributed by atoms with van der Waals surface area (Å²) >= 11 is 3.66. The second-order valence-corrected chi connectivity index (χ2v) is 7.31. The van der Waals surface area contributed by atoms with E-state index in [1.54, 1.807) is 0 Å². The van der Waals surface area contributed by atoms with Gasteiger partial charge in [0.15, 0.2) is 0 Å². The van der Waals surface area contributed by atoms with Crippen molar-refractivity contribution in [1.82, 2.24) is 4.90 Å². The molecular weight excluding hydrogens is 326 g/mol. The minimum absolute atomic E-state index is 0.0765. The summed E-state index contributed by atoms with van der Waals surface area (Å²) in [6, 6.07) is 7.54. The molecule has 1 saturated heterocycles. The molecule has 2 N–H and O–H groups in total. The van der Waals surface area contributed by atoms with E-state index >= 15 is 0 Å². The topological polar surface area (TPSA) is 32.5 Å². The average Bonchev–Trinajstić information content (AvgIpc) is 3.01. The maximum absolute atomic E-state index is 5.98. The molecule has 2 aliphatic rings. The van der Waals surface area contributed by atoms with Gasteiger partial charge in [0.1, 0.15) is 0 Å². The first kappa shape index (κ1) is 15.3. The van der Waals surface area contributed by atoms with Crippen molar-refractivity contribution in [3.8, 4) is 0 Å². The fourth-order valence-corrected chi connectivity index (χ4v) is 4.42. The summed E-state index contributed by atoms with van der Waals surface area (Å²) in [6.07, 6.45) is 5.68. The lowest BCUT2D eigenvalue weighted by Gasteiger charge is -2.39. The van der Waals surface area contributed by atoms with E-state index in [9.17, 15) is 0 Å². The van der Waals surface area contributed by atoms with E-state index in [2.05, 4.69) is 43.9 Å². The molecule has 3 nitrogen and oxygen atoms in total. The van der Waals surface area contributed by atoms with Crippen molar-refractivity contribution in [2.45, 2.75) is 44.7 Å². The largest absolute Gasteiger partial charge is 0.369 e. The molecule has 3 rings (SSSR count). The van der Waals surface area contributed by atoms with Gasteiger partial charge in [-0.1, -0.05) is 34.8 Å². The monoisotopic (exact) mass is 351 g/mol. The highest BCUT2D eigenvalue weighted by Crippen LogP contribution is 2.29. The van der Waals surface area contributed by atoms with Crippen LogP contribution in [0.5, 0.6) is 0 Å². The molecule has 1 aliphatic carbocycles. The van der Waals surface area contributed by atoms with Crippen LogP contribution >= 0.6 is 15.9 Å². The van der Waals surface area contributed by atoms with Gasteiger partial charge in [0, 0.05) is 48.4 Å². The van der Waals surface area contributed by atoms with Gasteiger partial charge in [-0.2, -0.15) is 0 Å². The number of benzene rings is 1. The molecule has 1 heterocycles. The van der Waals surface area contributed by atoms with Crippen LogP contribution in [-0.4, -0.2) is 37.1 Å². The van der Waals surface area contributed by atoms with Crippen molar-refractivity contribution in [3.05, 3.63) is 28.2 Å². The van der Waals surface area contributed by atoms with Crippen LogP contribution in [0.25, 0.3) is 0 Å². The van der Waals surface area contributed by atoms with E-state index in [0.717, 1.165) is 23.6 Å². The molecule has 0 spiro atoms. The van der Waals surface area contributed by atoms with Crippen LogP contribution in [0.15, 0.2) is 22.7 Å². The molecule has 1 atom stereocenters. The molecule has 21 heavy (non-hydrogen) atoms. The van der Waals surface area contributed by atoms with Crippen LogP contribution in [0.2, 0.25) is 0 Å². The highest BCUT2D eigenvalue weighted by Gasteiger charge is 2.26. The molecule has 0 radical (unpaired) electrons. The molecule has 116 valence electrons. The van der Waals surface area contributed by atoms with Crippen LogP contribution in [0, 0.1) is 0 Å². The standard InChI is InChI=1S/C17H26BrN3/c1-13(19)16-7-6-15(12-17(16)18)21-10-8-20(9-11-21)14-4-2-3-5-14/h6-7,12-14H,2-5,8-11,19H2,1H3. The quantitative estimate of drug-likeness (QED) is 0.903. The van der Waals surface area contributed by atoms with E-state index in [1.165, 1.54) is 50.0 Å². The Balaban J connectivity index is 1.62. The van der Waals surface area contributed by atoms with Crippen molar-refractivity contribution >= 4 is 21.6 Å². The molecule has 0 bridgehead atoms. The first-order valence-electron chi connectivity index (χ1n) is 8.19. The number of hydrogen-bond acceptors (Lipinski definition) is 3. The SMILES string of the molecule is CC(N)c1ccc(N2CCN(C3CCCC3)CC2)cc1Br. The number of halogens is 1. The maximum Gasteiger partial charge on any atom is 0.0378 e. The summed E-state index contributed by atoms with van der Waals surface area (Å²) < 4.78 is 1.13. The summed E-state index contributed by atoms with van der Waals surface area (Å²) in [6.45, 7) is 6.72. The van der Waals surface area contributed by atoms with Gasteiger partial charge in [0.25, 0.3) is 0 Å². The Bertz CT molecular complexity index is 475. The van der Waals surface area contributed by atoms with Crippen molar-refractivity contribution in [3.63, 3.8) is 0 Å². The summed E-state index contributed by atoms with van der Waals surface area (Å²) in [5.74, 6) is 0. The van der Waals surface area contributed by atoms with E-state index in [4.69, 9.17) is 5.73 Å². The van der Waals surface area contributed by atoms with Crippen LogP contribution in [0.1, 0.15) is 44.2 Å². The molecule has 1 unspecified atom stereocenters. The molecule has 1 aliphatic heterocycles. The van der Waals surface area contributed by atoms with Gasteiger partial charge in [-0.25, -0.2) is 0 Å². The lowest BCUT2D eigenvalue weighted by Crippen LogP contribution is -2.49. The van der Waals surface area contributed by atoms with Crippen LogP contribution in [0.3, 0.4) is 0 Å². The summed E-state index contributed by atoms with van der Waals surface area (Å²) in [5.41, 5.74) is 8.48. The molecule has 0 aromatic heterocycles. The minimum atomic E-state index is 0.0765. The van der Waals surface area contributed by atoms with E-state index in [1.807, 2.05) is 6.92 Å². The van der Waals surface area contributed by atoms with Gasteiger partial charge < -0.3 is 10.6 Å². The van der Waals surface area contributed by atoms with Gasteiger partial charge in [-0.05, 0) is 37.5 Å². The number of anilines is 1. The summed E-state index contributed by atoms with van der Waals surface area (Å²) in [5, 5.41) is 0. The third-order valence-electron chi connectivity index (χ3n) is 5.00. The number of hydrogen-bond donors (Lipinski definition) is 1. The maximum atomic E-state index is 5.98. The van der Waals surface area contributed by atoms with Crippen molar-refractivity contribution in [2.75, 3.05) is 31.1 Å². The second kappa shape index (κ2) is 6.67. The Morgan fingerprint density at radius 1 is 1.14 bits per heavy atom. The Labute approximate surface area is 136 Å². The minimum Gasteiger partial charge on any atom is -0.369 e. The molecule has 4 heteroatoms. The zero-order valence-corrected chi connectivity index (χ0v) is 14.5. The normalized spacial score (nSPS) is 22.7. The predicted octanol–water partition coefficient (Wildman–Crippen LogP) is 3.53. The first-order chi connectivity index (χ1) is 10.1. The van der Waals surface area contributed by atoms with E-state index in [-0.39, 0.29) is 6.04 Å². The lowest BCUT2D eigenvalue weighted by molar-refractivity contribution is 0.187. The van der Waals surface area contributed by atoms with Crippen molar-refractivity contribution < 1.29 is 0 Å². The third-order valence-corrected chi connectivity index (χ3v) is 5.68. The second-order valence-electron chi connectivity index (χ2n) is 6.46. The third kappa shape index (κ3) is 3.43. The smallest absolute Gasteiger partial charge is 0.0378 e. The van der Waals surface area contributed by atoms with Gasteiger partial charge in [0.2, 0.25) is 0 Å². The number of nitrogens with zero attached hydrogens (tertiary/aromatic N) is 2. The Morgan fingerprint density at radius 2 is 1.81 bits per heavy atom. The summed E-state index contributed by atoms with van der Waals surface area (Å²) in [4.78, 5) is 5.20. The fourth-order valence-electron chi connectivity index (χ4n) is 3.70. The number of nitrogens with two attached hydrogens (primary N) is 1. The van der Waals surface area contributed by atoms with Crippen LogP contribution < -0.4 is 10.6 Å². The molecule has 0 amide bonds. The van der Waals surface area contributed by atoms with Crippen molar-refractivity contribution in [1.29, 1.82) is 0 Å². The molecule has 1 aromatic carbocycles. The predicted molar refractivity (Wildman–Crippen MR) is 92.8 cm³/mol. The molecular formula is C17H26BrN3.